The van der Waals surface area contributed by atoms with Crippen molar-refractivity contribution in [2.45, 2.75) is 39.4 Å². The molecule has 0 aliphatic rings. The average Bonchev–Trinajstić information content (AvgIpc) is 3.50. The van der Waals surface area contributed by atoms with Crippen LogP contribution < -0.4 is 9.47 Å². The Kier molecular flexibility index (Phi) is 7.70. The van der Waals surface area contributed by atoms with Crippen molar-refractivity contribution in [3.05, 3.63) is 59.7 Å². The van der Waals surface area contributed by atoms with Crippen LogP contribution in [0.4, 0.5) is 0 Å². The van der Waals surface area contributed by atoms with E-state index < -0.39 is 12.0 Å². The number of hydrogen-bond acceptors (Lipinski definition) is 6. The summed E-state index contributed by atoms with van der Waals surface area (Å²) in [7, 11) is 3.16. The topological polar surface area (TPSA) is 112 Å². The molecule has 0 bridgehead atoms. The molecule has 0 saturated carbocycles. The highest BCUT2D eigenvalue weighted by molar-refractivity contribution is 5.92. The Bertz CT molecular complexity index is 1110. The van der Waals surface area contributed by atoms with Gasteiger partial charge in [-0.25, -0.2) is 4.79 Å². The number of nitrogens with zero attached hydrogens (tertiary/aromatic N) is 5. The van der Waals surface area contributed by atoms with Gasteiger partial charge >= 0.3 is 5.97 Å². The Morgan fingerprint density at radius 2 is 1.91 bits per heavy atom. The fourth-order valence-electron chi connectivity index (χ4n) is 3.47. The van der Waals surface area contributed by atoms with Crippen molar-refractivity contribution in [3.8, 4) is 11.5 Å². The summed E-state index contributed by atoms with van der Waals surface area (Å²) in [5.41, 5.74) is 2.08. The van der Waals surface area contributed by atoms with E-state index in [4.69, 9.17) is 9.47 Å². The fourth-order valence-corrected chi connectivity index (χ4v) is 3.47. The van der Waals surface area contributed by atoms with Crippen molar-refractivity contribution in [1.29, 1.82) is 0 Å². The van der Waals surface area contributed by atoms with Gasteiger partial charge in [0.15, 0.2) is 11.5 Å². The maximum Gasteiger partial charge on any atom is 0.328 e. The lowest BCUT2D eigenvalue weighted by atomic mass is 10.1. The normalized spacial score (nSPS) is 11.8. The third-order valence-corrected chi connectivity index (χ3v) is 5.44. The van der Waals surface area contributed by atoms with Gasteiger partial charge in [0.05, 0.1) is 26.5 Å². The lowest BCUT2D eigenvalue weighted by molar-refractivity contribution is -0.140. The Morgan fingerprint density at radius 1 is 1.15 bits per heavy atom. The molecule has 10 heteroatoms. The van der Waals surface area contributed by atoms with Crippen LogP contribution in [0.5, 0.6) is 11.5 Å². The number of rotatable bonds is 11. The molecule has 0 spiro atoms. The van der Waals surface area contributed by atoms with Gasteiger partial charge in [0.25, 0.3) is 5.91 Å². The molecule has 176 valence electrons. The molecule has 1 N–H and O–H groups in total. The second kappa shape index (κ2) is 10.7. The molecular weight excluding hydrogens is 426 g/mol. The summed E-state index contributed by atoms with van der Waals surface area (Å²) in [5.74, 6) is -0.0395. The third kappa shape index (κ3) is 5.51. The van der Waals surface area contributed by atoms with Gasteiger partial charge in [-0.1, -0.05) is 6.07 Å². The van der Waals surface area contributed by atoms with E-state index in [1.807, 2.05) is 35.9 Å². The summed E-state index contributed by atoms with van der Waals surface area (Å²) in [6, 6.07) is 8.22. The van der Waals surface area contributed by atoms with Gasteiger partial charge in [-0.2, -0.15) is 10.2 Å². The number of benzene rings is 1. The monoisotopic (exact) mass is 455 g/mol. The van der Waals surface area contributed by atoms with Crippen LogP contribution in [0.15, 0.2) is 42.7 Å². The van der Waals surface area contributed by atoms with Crippen LogP contribution in [-0.2, 0) is 24.3 Å². The van der Waals surface area contributed by atoms with Crippen molar-refractivity contribution < 1.29 is 24.2 Å². The van der Waals surface area contributed by atoms with Crippen LogP contribution in [-0.4, -0.2) is 62.2 Å². The molecule has 1 aromatic carbocycles. The fraction of sp³-hybridized carbons (Fsp3) is 0.391. The largest absolute Gasteiger partial charge is 0.493 e. The highest BCUT2D eigenvalue weighted by Crippen LogP contribution is 2.28. The second-order valence-electron chi connectivity index (χ2n) is 7.50. The standard InChI is InChI=1S/C23H29N5O5/c1-5-27-18(8-11-24-27)15-26(12-9-17-6-7-20(32-3)21(14-17)33-4)22(29)19-10-13-28(25-19)16(2)23(30)31/h6-8,10-11,13-14,16H,5,9,12,15H2,1-4H3,(H,30,31). The molecule has 10 nitrogen and oxygen atoms in total. The molecule has 0 aliphatic carbocycles. The number of carboxylic acid groups (broad SMARTS) is 1. The number of carbonyl (C=O) groups is 2. The first-order valence-corrected chi connectivity index (χ1v) is 10.7. The van der Waals surface area contributed by atoms with Crippen molar-refractivity contribution >= 4 is 11.9 Å². The summed E-state index contributed by atoms with van der Waals surface area (Å²) in [6.07, 6.45) is 3.80. The minimum Gasteiger partial charge on any atom is -0.493 e. The van der Waals surface area contributed by atoms with Crippen LogP contribution in [0.3, 0.4) is 0 Å². The van der Waals surface area contributed by atoms with Gasteiger partial charge < -0.3 is 19.5 Å². The maximum absolute atomic E-state index is 13.3. The molecule has 33 heavy (non-hydrogen) atoms. The molecule has 3 aromatic rings. The molecule has 1 amide bonds. The first kappa shape index (κ1) is 23.8. The van der Waals surface area contributed by atoms with E-state index in [1.54, 1.807) is 31.4 Å². The van der Waals surface area contributed by atoms with Crippen LogP contribution in [0, 0.1) is 0 Å². The van der Waals surface area contributed by atoms with Gasteiger partial charge in [-0.15, -0.1) is 0 Å². The van der Waals surface area contributed by atoms with Gasteiger partial charge in [0, 0.05) is 25.5 Å². The number of aromatic nitrogens is 4. The van der Waals surface area contributed by atoms with Crippen molar-refractivity contribution in [3.63, 3.8) is 0 Å². The Labute approximate surface area is 192 Å². The molecule has 1 atom stereocenters. The van der Waals surface area contributed by atoms with Crippen LogP contribution >= 0.6 is 0 Å². The molecule has 3 rings (SSSR count). The van der Waals surface area contributed by atoms with E-state index in [0.29, 0.717) is 37.6 Å². The van der Waals surface area contributed by atoms with E-state index in [2.05, 4.69) is 10.2 Å². The zero-order valence-electron chi connectivity index (χ0n) is 19.3. The first-order chi connectivity index (χ1) is 15.9. The highest BCUT2D eigenvalue weighted by Gasteiger charge is 2.22. The molecule has 0 fully saturated rings. The summed E-state index contributed by atoms with van der Waals surface area (Å²) >= 11 is 0. The molecular formula is C23H29N5O5. The average molecular weight is 456 g/mol. The molecule has 2 aromatic heterocycles. The molecule has 2 heterocycles. The van der Waals surface area contributed by atoms with E-state index in [0.717, 1.165) is 11.3 Å². The van der Waals surface area contributed by atoms with Gasteiger partial charge in [0.1, 0.15) is 11.7 Å². The minimum atomic E-state index is -1.02. The number of aryl methyl sites for hydroxylation is 1. The number of methoxy groups -OCH3 is 2. The Balaban J connectivity index is 1.83. The number of aliphatic carboxylic acids is 1. The van der Waals surface area contributed by atoms with Crippen LogP contribution in [0.1, 0.15) is 41.6 Å². The summed E-state index contributed by atoms with van der Waals surface area (Å²) < 4.78 is 13.8. The zero-order chi connectivity index (χ0) is 24.0. The highest BCUT2D eigenvalue weighted by atomic mass is 16.5. The van der Waals surface area contributed by atoms with Gasteiger partial charge in [-0.3, -0.25) is 14.2 Å². The van der Waals surface area contributed by atoms with Gasteiger partial charge in [-0.05, 0) is 50.1 Å². The molecule has 0 radical (unpaired) electrons. The molecule has 1 unspecified atom stereocenters. The van der Waals surface area contributed by atoms with E-state index in [1.165, 1.54) is 17.8 Å². The van der Waals surface area contributed by atoms with Crippen LogP contribution in [0.2, 0.25) is 0 Å². The van der Waals surface area contributed by atoms with E-state index in [-0.39, 0.29) is 11.6 Å². The van der Waals surface area contributed by atoms with Crippen LogP contribution in [0.25, 0.3) is 0 Å². The Morgan fingerprint density at radius 3 is 2.58 bits per heavy atom. The lowest BCUT2D eigenvalue weighted by Crippen LogP contribution is -2.34. The Hall–Kier alpha value is -3.82. The minimum absolute atomic E-state index is 0.193. The van der Waals surface area contributed by atoms with E-state index >= 15 is 0 Å². The maximum atomic E-state index is 13.3. The number of carboxylic acids is 1. The number of amides is 1. The van der Waals surface area contributed by atoms with Gasteiger partial charge in [0.2, 0.25) is 0 Å². The second-order valence-corrected chi connectivity index (χ2v) is 7.50. The number of carbonyl (C=O) groups excluding carboxylic acids is 1. The van der Waals surface area contributed by atoms with Crippen molar-refractivity contribution in [2.24, 2.45) is 0 Å². The smallest absolute Gasteiger partial charge is 0.328 e. The lowest BCUT2D eigenvalue weighted by Gasteiger charge is -2.22. The summed E-state index contributed by atoms with van der Waals surface area (Å²) in [6.45, 7) is 4.95. The van der Waals surface area contributed by atoms with Crippen molar-refractivity contribution in [2.75, 3.05) is 20.8 Å². The molecule has 0 aliphatic heterocycles. The van der Waals surface area contributed by atoms with Crippen molar-refractivity contribution in [1.82, 2.24) is 24.5 Å². The predicted molar refractivity (Wildman–Crippen MR) is 120 cm³/mol. The third-order valence-electron chi connectivity index (χ3n) is 5.44. The zero-order valence-corrected chi connectivity index (χ0v) is 19.3. The number of hydrogen-bond donors (Lipinski definition) is 1. The van der Waals surface area contributed by atoms with E-state index in [9.17, 15) is 14.7 Å². The summed E-state index contributed by atoms with van der Waals surface area (Å²) in [5, 5.41) is 17.7. The quantitative estimate of drug-likeness (QED) is 0.473. The predicted octanol–water partition coefficient (Wildman–Crippen LogP) is 2.65. The number of ether oxygens (including phenoxy) is 2. The molecule has 0 saturated heterocycles. The summed E-state index contributed by atoms with van der Waals surface area (Å²) in [4.78, 5) is 26.3. The first-order valence-electron chi connectivity index (χ1n) is 10.7. The SMILES string of the molecule is CCn1nccc1CN(CCc1ccc(OC)c(OC)c1)C(=O)c1ccn(C(C)C(=O)O)n1.